The molecule has 0 saturated carbocycles. The Kier molecular flexibility index (Phi) is 11.1. The number of fused-ring (bicyclic) bond motifs is 18. The van der Waals surface area contributed by atoms with Crippen molar-refractivity contribution in [3.8, 4) is 77.9 Å². The van der Waals surface area contributed by atoms with E-state index < -0.39 is 0 Å². The van der Waals surface area contributed by atoms with E-state index in [1.54, 1.807) is 0 Å². The standard InChI is InChI=1S/C84H50S2/c1-3-17-51(18-4-1)52-35-37-54(38-36-52)61-29-14-32-73-74-33-15-31-63(82(74)85-81(61)73)59-41-44-72-71-43-40-57(47-78(71)68-27-11-12-28-69(68)79(72)48-59)60-49-76(53-19-5-2-6-20-53)84-80(50-60)75-34-16-30-62(83(75)86-84)58-22-13-21-55(45-58)56-39-42-70-66-25-8-7-23-64(66)65-24-9-10-26-67(65)77(70)46-56/h1-50H. The van der Waals surface area contributed by atoms with Gasteiger partial charge in [0.1, 0.15) is 0 Å². The minimum Gasteiger partial charge on any atom is -0.134 e. The van der Waals surface area contributed by atoms with Gasteiger partial charge < -0.3 is 0 Å². The van der Waals surface area contributed by atoms with E-state index in [0.29, 0.717) is 0 Å². The maximum absolute atomic E-state index is 2.46. The third-order valence-electron chi connectivity index (χ3n) is 18.2. The molecule has 2 heteroatoms. The Morgan fingerprint density at radius 2 is 0.407 bits per heavy atom. The predicted molar refractivity (Wildman–Crippen MR) is 375 cm³/mol. The molecule has 398 valence electrons. The number of rotatable bonds is 7. The van der Waals surface area contributed by atoms with Crippen LogP contribution >= 0.6 is 22.7 Å². The fourth-order valence-electron chi connectivity index (χ4n) is 14.1. The highest BCUT2D eigenvalue weighted by Gasteiger charge is 2.20. The molecule has 0 N–H and O–H groups in total. The predicted octanol–water partition coefficient (Wildman–Crippen LogP) is 25.0. The zero-order valence-corrected chi connectivity index (χ0v) is 48.3. The summed E-state index contributed by atoms with van der Waals surface area (Å²) >= 11 is 3.84. The summed E-state index contributed by atoms with van der Waals surface area (Å²) in [7, 11) is 0. The molecular formula is C84H50S2. The molecule has 86 heavy (non-hydrogen) atoms. The largest absolute Gasteiger partial charge is 0.134 e. The average molecular weight is 1120 g/mol. The molecule has 0 fully saturated rings. The zero-order chi connectivity index (χ0) is 56.4. The third-order valence-corrected chi connectivity index (χ3v) is 20.8. The van der Waals surface area contributed by atoms with Gasteiger partial charge in [0.15, 0.2) is 0 Å². The summed E-state index contributed by atoms with van der Waals surface area (Å²) in [6.07, 6.45) is 0. The Morgan fingerprint density at radius 1 is 0.128 bits per heavy atom. The van der Waals surface area contributed by atoms with Crippen molar-refractivity contribution in [1.29, 1.82) is 0 Å². The molecule has 18 aromatic rings. The lowest BCUT2D eigenvalue weighted by Crippen LogP contribution is -1.87. The van der Waals surface area contributed by atoms with Gasteiger partial charge in [0.05, 0.1) is 0 Å². The summed E-state index contributed by atoms with van der Waals surface area (Å²) in [4.78, 5) is 0. The highest BCUT2D eigenvalue weighted by atomic mass is 32.1. The van der Waals surface area contributed by atoms with Crippen LogP contribution in [-0.4, -0.2) is 0 Å². The topological polar surface area (TPSA) is 0 Å². The molecule has 0 aliphatic rings. The number of thiophene rings is 2. The lowest BCUT2D eigenvalue weighted by Gasteiger charge is -2.14. The minimum atomic E-state index is 1.21. The molecule has 0 aliphatic heterocycles. The monoisotopic (exact) mass is 1120 g/mol. The van der Waals surface area contributed by atoms with Crippen LogP contribution in [0.5, 0.6) is 0 Å². The van der Waals surface area contributed by atoms with Crippen LogP contribution in [-0.2, 0) is 0 Å². The average Bonchev–Trinajstić information content (AvgIpc) is 1.51. The van der Waals surface area contributed by atoms with E-state index in [-0.39, 0.29) is 0 Å². The number of hydrogen-bond donors (Lipinski definition) is 0. The first-order valence-electron chi connectivity index (χ1n) is 29.6. The van der Waals surface area contributed by atoms with Crippen molar-refractivity contribution in [2.24, 2.45) is 0 Å². The van der Waals surface area contributed by atoms with Crippen LogP contribution in [0.25, 0.3) is 183 Å². The van der Waals surface area contributed by atoms with Crippen molar-refractivity contribution >= 4 is 128 Å². The first kappa shape index (κ1) is 49.0. The lowest BCUT2D eigenvalue weighted by molar-refractivity contribution is 1.61. The second-order valence-corrected chi connectivity index (χ2v) is 25.0. The lowest BCUT2D eigenvalue weighted by atomic mass is 9.89. The van der Waals surface area contributed by atoms with E-state index >= 15 is 0 Å². The van der Waals surface area contributed by atoms with Gasteiger partial charge >= 0.3 is 0 Å². The molecule has 0 unspecified atom stereocenters. The fraction of sp³-hybridized carbons (Fsp3) is 0. The molecule has 0 spiro atoms. The highest BCUT2D eigenvalue weighted by Crippen LogP contribution is 2.49. The molecule has 0 amide bonds. The second-order valence-electron chi connectivity index (χ2n) is 23.0. The summed E-state index contributed by atoms with van der Waals surface area (Å²) in [6, 6.07) is 113. The van der Waals surface area contributed by atoms with Gasteiger partial charge in [-0.2, -0.15) is 0 Å². The summed E-state index contributed by atoms with van der Waals surface area (Å²) in [5.41, 5.74) is 17.3. The number of benzene rings is 16. The van der Waals surface area contributed by atoms with Gasteiger partial charge in [0, 0.05) is 45.9 Å². The number of hydrogen-bond acceptors (Lipinski definition) is 2. The normalized spacial score (nSPS) is 12.0. The quantitative estimate of drug-likeness (QED) is 0.140. The summed E-state index contributed by atoms with van der Waals surface area (Å²) in [5.74, 6) is 0. The fourth-order valence-corrected chi connectivity index (χ4v) is 16.9. The van der Waals surface area contributed by atoms with E-state index in [2.05, 4.69) is 303 Å². The van der Waals surface area contributed by atoms with E-state index in [4.69, 9.17) is 0 Å². The van der Waals surface area contributed by atoms with Crippen molar-refractivity contribution in [2.45, 2.75) is 0 Å². The summed E-state index contributed by atoms with van der Waals surface area (Å²) in [6.45, 7) is 0. The van der Waals surface area contributed by atoms with Gasteiger partial charge in [-0.25, -0.2) is 0 Å². The van der Waals surface area contributed by atoms with E-state index in [0.717, 1.165) is 0 Å². The van der Waals surface area contributed by atoms with Crippen LogP contribution in [0.4, 0.5) is 0 Å². The van der Waals surface area contributed by atoms with Gasteiger partial charge in [-0.15, -0.1) is 22.7 Å². The molecule has 2 aromatic heterocycles. The summed E-state index contributed by atoms with van der Waals surface area (Å²) < 4.78 is 5.25. The van der Waals surface area contributed by atoms with Crippen LogP contribution in [0.1, 0.15) is 0 Å². The maximum Gasteiger partial charge on any atom is 0.0434 e. The first-order valence-corrected chi connectivity index (χ1v) is 31.2. The molecule has 0 nitrogen and oxygen atoms in total. The molecule has 0 aliphatic carbocycles. The van der Waals surface area contributed by atoms with Crippen LogP contribution in [0.2, 0.25) is 0 Å². The summed E-state index contributed by atoms with van der Waals surface area (Å²) in [5, 5.41) is 20.5. The van der Waals surface area contributed by atoms with Crippen molar-refractivity contribution in [3.05, 3.63) is 303 Å². The van der Waals surface area contributed by atoms with Crippen LogP contribution < -0.4 is 0 Å². The molecule has 0 radical (unpaired) electrons. The molecule has 18 rings (SSSR count). The molecule has 16 aromatic carbocycles. The Labute approximate surface area is 505 Å². The third kappa shape index (κ3) is 7.74. The highest BCUT2D eigenvalue weighted by molar-refractivity contribution is 7.27. The van der Waals surface area contributed by atoms with Gasteiger partial charge in [-0.3, -0.25) is 0 Å². The minimum absolute atomic E-state index is 1.21. The molecule has 0 bridgehead atoms. The zero-order valence-electron chi connectivity index (χ0n) is 46.7. The Balaban J connectivity index is 0.743. The Hall–Kier alpha value is -10.5. The first-order chi connectivity index (χ1) is 42.6. The Morgan fingerprint density at radius 3 is 0.930 bits per heavy atom. The van der Waals surface area contributed by atoms with E-state index in [1.165, 1.54) is 183 Å². The van der Waals surface area contributed by atoms with Crippen LogP contribution in [0.15, 0.2) is 303 Å². The van der Waals surface area contributed by atoms with Crippen LogP contribution in [0, 0.1) is 0 Å². The maximum atomic E-state index is 2.46. The van der Waals surface area contributed by atoms with Crippen LogP contribution in [0.3, 0.4) is 0 Å². The van der Waals surface area contributed by atoms with Crippen molar-refractivity contribution in [1.82, 2.24) is 0 Å². The van der Waals surface area contributed by atoms with Gasteiger partial charge in [0.25, 0.3) is 0 Å². The second kappa shape index (κ2) is 19.6. The molecule has 2 heterocycles. The van der Waals surface area contributed by atoms with Crippen molar-refractivity contribution in [3.63, 3.8) is 0 Å². The van der Waals surface area contributed by atoms with Crippen molar-refractivity contribution < 1.29 is 0 Å². The SMILES string of the molecule is c1ccc(-c2ccc(-c3cccc4c3sc3c(-c5ccc6c7ccc(-c8cc(-c9ccccc9)c9sc%10c(-c%11cccc(-c%12ccc%13c%14ccccc%14c%14ccccc%14c%13c%12)c%11)cccc%10c9c8)cc7c7ccccc7c6c5)cccc34)cc2)cc1. The van der Waals surface area contributed by atoms with Gasteiger partial charge in [-0.05, 0) is 173 Å². The molecular weight excluding hydrogens is 1070 g/mol. The smallest absolute Gasteiger partial charge is 0.0434 e. The van der Waals surface area contributed by atoms with Gasteiger partial charge in [0.2, 0.25) is 0 Å². The van der Waals surface area contributed by atoms with Gasteiger partial charge in [-0.1, -0.05) is 267 Å². The van der Waals surface area contributed by atoms with Crippen molar-refractivity contribution in [2.75, 3.05) is 0 Å². The Bertz CT molecular complexity index is 5750. The molecule has 0 atom stereocenters. The van der Waals surface area contributed by atoms with E-state index in [9.17, 15) is 0 Å². The molecule has 0 saturated heterocycles. The van der Waals surface area contributed by atoms with E-state index in [1.807, 2.05) is 22.7 Å².